The van der Waals surface area contributed by atoms with Crippen LogP contribution in [0.25, 0.3) is 11.0 Å². The average Bonchev–Trinajstić information content (AvgIpc) is 3.02. The summed E-state index contributed by atoms with van der Waals surface area (Å²) in [6.07, 6.45) is 4.21. The predicted molar refractivity (Wildman–Crippen MR) is 106 cm³/mol. The van der Waals surface area contributed by atoms with Gasteiger partial charge in [-0.1, -0.05) is 49.4 Å². The lowest BCUT2D eigenvalue weighted by Crippen LogP contribution is -2.25. The first-order valence-corrected chi connectivity index (χ1v) is 9.52. The number of fused-ring (bicyclic) bond motifs is 1. The third-order valence-corrected chi connectivity index (χ3v) is 4.56. The van der Waals surface area contributed by atoms with Gasteiger partial charge in [-0.2, -0.15) is 0 Å². The van der Waals surface area contributed by atoms with Gasteiger partial charge in [0, 0.05) is 25.9 Å². The van der Waals surface area contributed by atoms with Crippen LogP contribution in [0.4, 0.5) is 0 Å². The van der Waals surface area contributed by atoms with E-state index >= 15 is 0 Å². The van der Waals surface area contributed by atoms with Crippen LogP contribution in [0.15, 0.2) is 54.6 Å². The number of rotatable bonds is 9. The van der Waals surface area contributed by atoms with Gasteiger partial charge in [-0.3, -0.25) is 4.79 Å². The summed E-state index contributed by atoms with van der Waals surface area (Å²) in [4.78, 5) is 16.8. The fourth-order valence-electron chi connectivity index (χ4n) is 3.25. The van der Waals surface area contributed by atoms with E-state index in [1.54, 1.807) is 0 Å². The number of amides is 1. The van der Waals surface area contributed by atoms with E-state index in [0.717, 1.165) is 43.6 Å². The molecule has 0 aliphatic heterocycles. The van der Waals surface area contributed by atoms with E-state index in [1.807, 2.05) is 24.3 Å². The van der Waals surface area contributed by atoms with Gasteiger partial charge in [0.1, 0.15) is 5.82 Å². The van der Waals surface area contributed by atoms with Crippen LogP contribution in [-0.2, 0) is 24.2 Å². The minimum atomic E-state index is 0.121. The second-order valence-corrected chi connectivity index (χ2v) is 6.61. The zero-order valence-corrected chi connectivity index (χ0v) is 15.4. The number of aromatic nitrogens is 2. The van der Waals surface area contributed by atoms with Crippen LogP contribution >= 0.6 is 0 Å². The first kappa shape index (κ1) is 18.2. The first-order chi connectivity index (χ1) is 12.8. The summed E-state index contributed by atoms with van der Waals surface area (Å²) in [6.45, 7) is 3.87. The number of nitrogens with zero attached hydrogens (tertiary/aromatic N) is 2. The number of imidazole rings is 1. The molecule has 0 spiro atoms. The molecule has 0 aliphatic rings. The quantitative estimate of drug-likeness (QED) is 0.591. The predicted octanol–water partition coefficient (Wildman–Crippen LogP) is 4.13. The molecular formula is C22H27N3O. The maximum atomic E-state index is 12.0. The minimum Gasteiger partial charge on any atom is -0.356 e. The Bertz CT molecular complexity index is 839. The van der Waals surface area contributed by atoms with E-state index in [9.17, 15) is 4.79 Å². The lowest BCUT2D eigenvalue weighted by Gasteiger charge is -2.08. The molecule has 4 nitrogen and oxygen atoms in total. The molecule has 1 N–H and O–H groups in total. The van der Waals surface area contributed by atoms with E-state index < -0.39 is 0 Å². The summed E-state index contributed by atoms with van der Waals surface area (Å²) in [5, 5.41) is 3.03. The fraction of sp³-hybridized carbons (Fsp3) is 0.364. The van der Waals surface area contributed by atoms with Gasteiger partial charge in [0.2, 0.25) is 5.91 Å². The molecule has 136 valence electrons. The van der Waals surface area contributed by atoms with E-state index in [0.29, 0.717) is 13.0 Å². The lowest BCUT2D eigenvalue weighted by molar-refractivity contribution is -0.121. The molecule has 0 bridgehead atoms. The molecule has 4 heteroatoms. The number of nitrogens with one attached hydrogen (secondary N) is 1. The molecule has 0 radical (unpaired) electrons. The third-order valence-electron chi connectivity index (χ3n) is 4.56. The van der Waals surface area contributed by atoms with Gasteiger partial charge in [0.05, 0.1) is 11.0 Å². The van der Waals surface area contributed by atoms with Gasteiger partial charge in [0.25, 0.3) is 0 Å². The largest absolute Gasteiger partial charge is 0.356 e. The van der Waals surface area contributed by atoms with Crippen molar-refractivity contribution in [1.82, 2.24) is 14.9 Å². The van der Waals surface area contributed by atoms with Crippen molar-refractivity contribution >= 4 is 16.9 Å². The maximum absolute atomic E-state index is 12.0. The molecule has 0 atom stereocenters. The molecule has 1 heterocycles. The van der Waals surface area contributed by atoms with Crippen LogP contribution in [0.3, 0.4) is 0 Å². The Hall–Kier alpha value is -2.62. The van der Waals surface area contributed by atoms with Crippen LogP contribution in [0.5, 0.6) is 0 Å². The number of carbonyl (C=O) groups excluding carboxylic acids is 1. The van der Waals surface area contributed by atoms with Gasteiger partial charge in [0.15, 0.2) is 0 Å². The first-order valence-electron chi connectivity index (χ1n) is 9.52. The average molecular weight is 349 g/mol. The Morgan fingerprint density at radius 1 is 1.04 bits per heavy atom. The highest BCUT2D eigenvalue weighted by Gasteiger charge is 2.09. The molecule has 0 unspecified atom stereocenters. The molecule has 26 heavy (non-hydrogen) atoms. The number of hydrogen-bond acceptors (Lipinski definition) is 2. The standard InChI is InChI=1S/C22H27N3O/c1-2-17-25-20-12-7-6-11-19(20)24-21(25)13-8-16-23-22(26)15-14-18-9-4-3-5-10-18/h3-7,9-12H,2,8,13-17H2,1H3,(H,23,26). The van der Waals surface area contributed by atoms with Crippen molar-refractivity contribution in [3.63, 3.8) is 0 Å². The molecule has 0 fully saturated rings. The monoisotopic (exact) mass is 349 g/mol. The highest BCUT2D eigenvalue weighted by atomic mass is 16.1. The van der Waals surface area contributed by atoms with Crippen LogP contribution < -0.4 is 5.32 Å². The zero-order valence-electron chi connectivity index (χ0n) is 15.4. The van der Waals surface area contributed by atoms with E-state index in [4.69, 9.17) is 4.98 Å². The summed E-state index contributed by atoms with van der Waals surface area (Å²) < 4.78 is 2.31. The summed E-state index contributed by atoms with van der Waals surface area (Å²) >= 11 is 0. The van der Waals surface area contributed by atoms with Crippen LogP contribution in [-0.4, -0.2) is 22.0 Å². The number of aryl methyl sites for hydroxylation is 3. The van der Waals surface area contributed by atoms with Crippen molar-refractivity contribution in [1.29, 1.82) is 0 Å². The number of benzene rings is 2. The second kappa shape index (κ2) is 9.18. The SMILES string of the molecule is CCCn1c(CCCNC(=O)CCc2ccccc2)nc2ccccc21. The molecule has 0 saturated carbocycles. The van der Waals surface area contributed by atoms with Crippen LogP contribution in [0.1, 0.15) is 37.6 Å². The molecule has 1 amide bonds. The third kappa shape index (κ3) is 4.72. The van der Waals surface area contributed by atoms with E-state index in [-0.39, 0.29) is 5.91 Å². The van der Waals surface area contributed by atoms with Crippen molar-refractivity contribution in [3.8, 4) is 0 Å². The fourth-order valence-corrected chi connectivity index (χ4v) is 3.25. The van der Waals surface area contributed by atoms with Gasteiger partial charge < -0.3 is 9.88 Å². The Morgan fingerprint density at radius 2 is 1.81 bits per heavy atom. The van der Waals surface area contributed by atoms with Crippen molar-refractivity contribution < 1.29 is 4.79 Å². The Kier molecular flexibility index (Phi) is 6.42. The Morgan fingerprint density at radius 3 is 2.62 bits per heavy atom. The van der Waals surface area contributed by atoms with Crippen molar-refractivity contribution in [3.05, 3.63) is 66.0 Å². The van der Waals surface area contributed by atoms with Crippen molar-refractivity contribution in [2.45, 2.75) is 45.6 Å². The summed E-state index contributed by atoms with van der Waals surface area (Å²) in [5.74, 6) is 1.24. The van der Waals surface area contributed by atoms with E-state index in [1.165, 1.54) is 11.1 Å². The lowest BCUT2D eigenvalue weighted by atomic mass is 10.1. The van der Waals surface area contributed by atoms with Crippen LogP contribution in [0, 0.1) is 0 Å². The molecule has 2 aromatic carbocycles. The van der Waals surface area contributed by atoms with Gasteiger partial charge >= 0.3 is 0 Å². The molecule has 0 saturated heterocycles. The molecular weight excluding hydrogens is 322 g/mol. The summed E-state index contributed by atoms with van der Waals surface area (Å²) in [6, 6.07) is 18.4. The van der Waals surface area contributed by atoms with Gasteiger partial charge in [-0.05, 0) is 37.0 Å². The number of para-hydroxylation sites is 2. The molecule has 1 aromatic heterocycles. The Labute approximate surface area is 155 Å². The Balaban J connectivity index is 1.47. The smallest absolute Gasteiger partial charge is 0.220 e. The highest BCUT2D eigenvalue weighted by molar-refractivity contribution is 5.76. The van der Waals surface area contributed by atoms with Crippen LogP contribution in [0.2, 0.25) is 0 Å². The maximum Gasteiger partial charge on any atom is 0.220 e. The highest BCUT2D eigenvalue weighted by Crippen LogP contribution is 2.17. The second-order valence-electron chi connectivity index (χ2n) is 6.61. The molecule has 0 aliphatic carbocycles. The van der Waals surface area contributed by atoms with E-state index in [2.05, 4.69) is 47.1 Å². The minimum absolute atomic E-state index is 0.121. The summed E-state index contributed by atoms with van der Waals surface area (Å²) in [7, 11) is 0. The van der Waals surface area contributed by atoms with Crippen molar-refractivity contribution in [2.24, 2.45) is 0 Å². The molecule has 3 aromatic rings. The zero-order chi connectivity index (χ0) is 18.2. The summed E-state index contributed by atoms with van der Waals surface area (Å²) in [5.41, 5.74) is 3.47. The molecule has 3 rings (SSSR count). The number of hydrogen-bond donors (Lipinski definition) is 1. The van der Waals surface area contributed by atoms with Gasteiger partial charge in [-0.15, -0.1) is 0 Å². The van der Waals surface area contributed by atoms with Gasteiger partial charge in [-0.25, -0.2) is 4.98 Å². The number of carbonyl (C=O) groups is 1. The topological polar surface area (TPSA) is 46.9 Å². The normalized spacial score (nSPS) is 11.0. The van der Waals surface area contributed by atoms with Crippen molar-refractivity contribution in [2.75, 3.05) is 6.54 Å².